The standard InChI is InChI=1S/C15H12Cl2N2O4/c1-22-15(21)9-2-4-11(5-3-9)23-8-13(20)19-14-12(17)6-10(16)7-18-14/h2-7H,8H2,1H3,(H,18,19,20). The van der Waals surface area contributed by atoms with Gasteiger partial charge in [-0.15, -0.1) is 0 Å². The first-order valence-electron chi connectivity index (χ1n) is 6.41. The van der Waals surface area contributed by atoms with Gasteiger partial charge in [0.25, 0.3) is 5.91 Å². The lowest BCUT2D eigenvalue weighted by molar-refractivity contribution is -0.118. The molecule has 0 aliphatic carbocycles. The Morgan fingerprint density at radius 3 is 2.52 bits per heavy atom. The van der Waals surface area contributed by atoms with Gasteiger partial charge in [0.1, 0.15) is 5.75 Å². The lowest BCUT2D eigenvalue weighted by Gasteiger charge is -2.08. The number of carbonyl (C=O) groups excluding carboxylic acids is 2. The molecule has 23 heavy (non-hydrogen) atoms. The molecule has 0 aliphatic heterocycles. The summed E-state index contributed by atoms with van der Waals surface area (Å²) >= 11 is 11.6. The van der Waals surface area contributed by atoms with E-state index in [1.807, 2.05) is 0 Å². The Balaban J connectivity index is 1.90. The van der Waals surface area contributed by atoms with Crippen molar-refractivity contribution in [2.75, 3.05) is 19.0 Å². The van der Waals surface area contributed by atoms with Crippen LogP contribution < -0.4 is 10.1 Å². The molecular weight excluding hydrogens is 343 g/mol. The third-order valence-corrected chi connectivity index (χ3v) is 3.21. The molecule has 2 rings (SSSR count). The molecule has 1 aromatic heterocycles. The Hall–Kier alpha value is -2.31. The third kappa shape index (κ3) is 4.84. The maximum absolute atomic E-state index is 11.8. The lowest BCUT2D eigenvalue weighted by atomic mass is 10.2. The third-order valence-electron chi connectivity index (χ3n) is 2.71. The zero-order chi connectivity index (χ0) is 16.8. The van der Waals surface area contributed by atoms with Crippen LogP contribution >= 0.6 is 23.2 Å². The second kappa shape index (κ2) is 7.80. The molecule has 1 N–H and O–H groups in total. The minimum atomic E-state index is -0.447. The second-order valence-electron chi connectivity index (χ2n) is 4.34. The van der Waals surface area contributed by atoms with Crippen molar-refractivity contribution in [1.82, 2.24) is 4.98 Å². The second-order valence-corrected chi connectivity index (χ2v) is 5.18. The van der Waals surface area contributed by atoms with Gasteiger partial charge in [-0.05, 0) is 30.3 Å². The summed E-state index contributed by atoms with van der Waals surface area (Å²) in [5.41, 5.74) is 0.390. The van der Waals surface area contributed by atoms with E-state index in [4.69, 9.17) is 27.9 Å². The number of rotatable bonds is 5. The van der Waals surface area contributed by atoms with E-state index in [9.17, 15) is 9.59 Å². The van der Waals surface area contributed by atoms with Crippen LogP contribution in [0.25, 0.3) is 0 Å². The highest BCUT2D eigenvalue weighted by Crippen LogP contribution is 2.22. The van der Waals surface area contributed by atoms with Crippen LogP contribution in [0.5, 0.6) is 5.75 Å². The van der Waals surface area contributed by atoms with E-state index in [1.54, 1.807) is 12.1 Å². The summed E-state index contributed by atoms with van der Waals surface area (Å²) in [5, 5.41) is 3.11. The maximum Gasteiger partial charge on any atom is 0.337 e. The van der Waals surface area contributed by atoms with E-state index >= 15 is 0 Å². The van der Waals surface area contributed by atoms with Gasteiger partial charge in [-0.2, -0.15) is 0 Å². The predicted molar refractivity (Wildman–Crippen MR) is 86.2 cm³/mol. The van der Waals surface area contributed by atoms with E-state index in [1.165, 1.54) is 31.5 Å². The summed E-state index contributed by atoms with van der Waals surface area (Å²) in [7, 11) is 1.30. The van der Waals surface area contributed by atoms with Gasteiger partial charge in [0.05, 0.1) is 22.7 Å². The molecule has 0 saturated carbocycles. The Bertz CT molecular complexity index is 720. The number of halogens is 2. The Morgan fingerprint density at radius 1 is 1.22 bits per heavy atom. The van der Waals surface area contributed by atoms with E-state index in [0.29, 0.717) is 16.3 Å². The molecule has 8 heteroatoms. The molecular formula is C15H12Cl2N2O4. The molecule has 1 amide bonds. The van der Waals surface area contributed by atoms with E-state index in [0.717, 1.165) is 0 Å². The number of hydrogen-bond donors (Lipinski definition) is 1. The average molecular weight is 355 g/mol. The van der Waals surface area contributed by atoms with Crippen LogP contribution in [0.3, 0.4) is 0 Å². The van der Waals surface area contributed by atoms with Crippen molar-refractivity contribution in [3.63, 3.8) is 0 Å². The van der Waals surface area contributed by atoms with Crippen LogP contribution in [0.2, 0.25) is 10.0 Å². The molecule has 6 nitrogen and oxygen atoms in total. The number of ether oxygens (including phenoxy) is 2. The summed E-state index contributed by atoms with van der Waals surface area (Å²) in [5.74, 6) is -0.245. The first-order valence-corrected chi connectivity index (χ1v) is 7.17. The van der Waals surface area contributed by atoms with Crippen LogP contribution in [-0.2, 0) is 9.53 Å². The fraction of sp³-hybridized carbons (Fsp3) is 0.133. The maximum atomic E-state index is 11.8. The number of hydrogen-bond acceptors (Lipinski definition) is 5. The van der Waals surface area contributed by atoms with Crippen molar-refractivity contribution in [3.05, 3.63) is 52.1 Å². The van der Waals surface area contributed by atoms with Gasteiger partial charge in [-0.3, -0.25) is 4.79 Å². The largest absolute Gasteiger partial charge is 0.484 e. The minimum Gasteiger partial charge on any atom is -0.484 e. The number of carbonyl (C=O) groups is 2. The summed E-state index contributed by atoms with van der Waals surface area (Å²) in [6, 6.07) is 7.67. The van der Waals surface area contributed by atoms with Gasteiger partial charge in [-0.25, -0.2) is 9.78 Å². The summed E-state index contributed by atoms with van der Waals surface area (Å²) in [6.45, 7) is -0.238. The van der Waals surface area contributed by atoms with E-state index < -0.39 is 11.9 Å². The molecule has 2 aromatic rings. The van der Waals surface area contributed by atoms with Gasteiger partial charge in [0, 0.05) is 6.20 Å². The molecule has 0 bridgehead atoms. The normalized spacial score (nSPS) is 10.0. The molecule has 1 heterocycles. The number of nitrogens with zero attached hydrogens (tertiary/aromatic N) is 1. The van der Waals surface area contributed by atoms with Crippen LogP contribution in [0.4, 0.5) is 5.82 Å². The number of methoxy groups -OCH3 is 1. The fourth-order valence-corrected chi connectivity index (χ4v) is 2.06. The highest BCUT2D eigenvalue weighted by atomic mass is 35.5. The molecule has 0 radical (unpaired) electrons. The Morgan fingerprint density at radius 2 is 1.91 bits per heavy atom. The van der Waals surface area contributed by atoms with E-state index in [-0.39, 0.29) is 17.4 Å². The number of nitrogens with one attached hydrogen (secondary N) is 1. The fourth-order valence-electron chi connectivity index (χ4n) is 1.63. The number of aromatic nitrogens is 1. The highest BCUT2D eigenvalue weighted by molar-refractivity contribution is 6.36. The first-order chi connectivity index (χ1) is 11.0. The highest BCUT2D eigenvalue weighted by Gasteiger charge is 2.09. The summed E-state index contributed by atoms with van der Waals surface area (Å²) in [6.07, 6.45) is 1.37. The SMILES string of the molecule is COC(=O)c1ccc(OCC(=O)Nc2ncc(Cl)cc2Cl)cc1. The molecule has 0 aliphatic rings. The van der Waals surface area contributed by atoms with Crippen LogP contribution in [0.1, 0.15) is 10.4 Å². The Labute approximate surface area is 142 Å². The topological polar surface area (TPSA) is 77.5 Å². The number of amides is 1. The van der Waals surface area contributed by atoms with Gasteiger partial charge < -0.3 is 14.8 Å². The molecule has 0 fully saturated rings. The van der Waals surface area contributed by atoms with E-state index in [2.05, 4.69) is 15.0 Å². The zero-order valence-corrected chi connectivity index (χ0v) is 13.5. The molecule has 0 saturated heterocycles. The molecule has 0 atom stereocenters. The average Bonchev–Trinajstić information content (AvgIpc) is 2.55. The smallest absolute Gasteiger partial charge is 0.337 e. The van der Waals surface area contributed by atoms with Crippen molar-refractivity contribution in [2.24, 2.45) is 0 Å². The van der Waals surface area contributed by atoms with Crippen LogP contribution in [0, 0.1) is 0 Å². The number of esters is 1. The Kier molecular flexibility index (Phi) is 5.78. The van der Waals surface area contributed by atoms with Crippen molar-refractivity contribution < 1.29 is 19.1 Å². The number of pyridine rings is 1. The van der Waals surface area contributed by atoms with Crippen molar-refractivity contribution in [2.45, 2.75) is 0 Å². The van der Waals surface area contributed by atoms with Gasteiger partial charge >= 0.3 is 5.97 Å². The molecule has 1 aromatic carbocycles. The van der Waals surface area contributed by atoms with Crippen LogP contribution in [0.15, 0.2) is 36.5 Å². The number of benzene rings is 1. The van der Waals surface area contributed by atoms with Crippen LogP contribution in [-0.4, -0.2) is 30.6 Å². The zero-order valence-electron chi connectivity index (χ0n) is 12.0. The van der Waals surface area contributed by atoms with Gasteiger partial charge in [0.15, 0.2) is 12.4 Å². The van der Waals surface area contributed by atoms with Gasteiger partial charge in [0.2, 0.25) is 0 Å². The summed E-state index contributed by atoms with van der Waals surface area (Å²) < 4.78 is 9.90. The molecule has 0 spiro atoms. The van der Waals surface area contributed by atoms with Crippen molar-refractivity contribution >= 4 is 40.9 Å². The van der Waals surface area contributed by atoms with Gasteiger partial charge in [-0.1, -0.05) is 23.2 Å². The minimum absolute atomic E-state index is 0.200. The molecule has 0 unspecified atom stereocenters. The van der Waals surface area contributed by atoms with Crippen molar-refractivity contribution in [1.29, 1.82) is 0 Å². The summed E-state index contributed by atoms with van der Waals surface area (Å²) in [4.78, 5) is 27.0. The molecule has 120 valence electrons. The number of anilines is 1. The quantitative estimate of drug-likeness (QED) is 0.834. The monoisotopic (exact) mass is 354 g/mol. The van der Waals surface area contributed by atoms with Crippen molar-refractivity contribution in [3.8, 4) is 5.75 Å². The predicted octanol–water partition coefficient (Wildman–Crippen LogP) is 3.19. The lowest BCUT2D eigenvalue weighted by Crippen LogP contribution is -2.21. The first kappa shape index (κ1) is 17.1.